The molecule has 0 aliphatic heterocycles. The van der Waals surface area contributed by atoms with Gasteiger partial charge in [-0.2, -0.15) is 10.3 Å². The normalized spacial score (nSPS) is 10.2. The summed E-state index contributed by atoms with van der Waals surface area (Å²) in [7, 11) is 0. The smallest absolute Gasteiger partial charge is 0.336 e. The van der Waals surface area contributed by atoms with Crippen LogP contribution >= 0.6 is 22.6 Å². The lowest BCUT2D eigenvalue weighted by Gasteiger charge is -2.01. The van der Waals surface area contributed by atoms with Crippen molar-refractivity contribution in [1.29, 1.82) is 0 Å². The topological polar surface area (TPSA) is 78.9 Å². The Bertz CT molecular complexity index is 510. The fraction of sp³-hybridized carbons (Fsp3) is 0. The number of rotatable bonds is 2. The van der Waals surface area contributed by atoms with Gasteiger partial charge in [-0.15, -0.1) is 5.10 Å². The third-order valence-electron chi connectivity index (χ3n) is 1.92. The number of aromatic carboxylic acids is 1. The quantitative estimate of drug-likeness (QED) is 0.828. The minimum atomic E-state index is -0.968. The second-order valence-corrected chi connectivity index (χ2v) is 3.84. The van der Waals surface area contributed by atoms with Crippen LogP contribution in [-0.2, 0) is 0 Å². The molecule has 0 aliphatic carbocycles. The molecule has 76 valence electrons. The Morgan fingerprint density at radius 1 is 1.33 bits per heavy atom. The lowest BCUT2D eigenvalue weighted by molar-refractivity contribution is 0.0697. The predicted molar refractivity (Wildman–Crippen MR) is 61.5 cm³/mol. The van der Waals surface area contributed by atoms with Gasteiger partial charge in [0.25, 0.3) is 0 Å². The van der Waals surface area contributed by atoms with E-state index in [9.17, 15) is 4.79 Å². The number of hydrogen-bond acceptors (Lipinski definition) is 3. The van der Waals surface area contributed by atoms with E-state index in [4.69, 9.17) is 5.11 Å². The Balaban J connectivity index is 2.63. The van der Waals surface area contributed by atoms with Crippen LogP contribution < -0.4 is 0 Å². The number of benzene rings is 1. The minimum absolute atomic E-state index is 0.226. The fourth-order valence-electron chi connectivity index (χ4n) is 1.27. The number of carbonyl (C=O) groups is 1. The first-order valence-corrected chi connectivity index (χ1v) is 5.17. The first-order valence-electron chi connectivity index (χ1n) is 4.09. The van der Waals surface area contributed by atoms with Crippen LogP contribution in [0.1, 0.15) is 10.4 Å². The molecular formula is C9H6IN3O2. The molecule has 0 unspecified atom stereocenters. The highest BCUT2D eigenvalue weighted by Crippen LogP contribution is 2.24. The average Bonchev–Trinajstić information content (AvgIpc) is 2.64. The van der Waals surface area contributed by atoms with Gasteiger partial charge < -0.3 is 5.11 Å². The number of nitrogens with zero attached hydrogens (tertiary/aromatic N) is 2. The molecular weight excluding hydrogens is 309 g/mol. The van der Waals surface area contributed by atoms with E-state index in [-0.39, 0.29) is 5.56 Å². The van der Waals surface area contributed by atoms with Gasteiger partial charge in [0.15, 0.2) is 3.70 Å². The molecule has 2 rings (SSSR count). The third kappa shape index (κ3) is 1.84. The number of aromatic nitrogens is 3. The fourth-order valence-corrected chi connectivity index (χ4v) is 1.78. The van der Waals surface area contributed by atoms with Crippen molar-refractivity contribution >= 4 is 28.6 Å². The second kappa shape index (κ2) is 3.97. The van der Waals surface area contributed by atoms with Gasteiger partial charge in [0.05, 0.1) is 5.56 Å². The number of aromatic amines is 1. The van der Waals surface area contributed by atoms with E-state index in [0.717, 1.165) is 0 Å². The largest absolute Gasteiger partial charge is 0.478 e. The summed E-state index contributed by atoms with van der Waals surface area (Å²) in [5, 5.41) is 19.2. The van der Waals surface area contributed by atoms with Crippen LogP contribution in [0.25, 0.3) is 11.3 Å². The summed E-state index contributed by atoms with van der Waals surface area (Å²) in [4.78, 5) is 11.0. The van der Waals surface area contributed by atoms with Gasteiger partial charge in [-0.1, -0.05) is 18.2 Å². The Morgan fingerprint density at radius 3 is 2.67 bits per heavy atom. The number of halogens is 1. The second-order valence-electron chi connectivity index (χ2n) is 2.81. The van der Waals surface area contributed by atoms with E-state index < -0.39 is 5.97 Å². The summed E-state index contributed by atoms with van der Waals surface area (Å²) < 4.78 is 0.654. The van der Waals surface area contributed by atoms with Gasteiger partial charge >= 0.3 is 5.97 Å². The van der Waals surface area contributed by atoms with Gasteiger partial charge in [-0.25, -0.2) is 4.79 Å². The zero-order chi connectivity index (χ0) is 10.8. The first kappa shape index (κ1) is 10.1. The highest BCUT2D eigenvalue weighted by molar-refractivity contribution is 14.1. The molecule has 1 heterocycles. The van der Waals surface area contributed by atoms with Gasteiger partial charge in [0.1, 0.15) is 5.69 Å². The Kier molecular flexibility index (Phi) is 2.67. The zero-order valence-electron chi connectivity index (χ0n) is 7.44. The molecule has 0 radical (unpaired) electrons. The summed E-state index contributed by atoms with van der Waals surface area (Å²) in [6.07, 6.45) is 0. The van der Waals surface area contributed by atoms with Crippen molar-refractivity contribution in [3.05, 3.63) is 33.5 Å². The summed E-state index contributed by atoms with van der Waals surface area (Å²) in [6, 6.07) is 6.71. The maximum atomic E-state index is 11.0. The van der Waals surface area contributed by atoms with Crippen molar-refractivity contribution in [2.45, 2.75) is 0 Å². The molecule has 0 fully saturated rings. The molecule has 0 bridgehead atoms. The van der Waals surface area contributed by atoms with E-state index in [0.29, 0.717) is 15.0 Å². The predicted octanol–water partition coefficient (Wildman–Crippen LogP) is 1.77. The van der Waals surface area contributed by atoms with Crippen LogP contribution in [0.2, 0.25) is 0 Å². The van der Waals surface area contributed by atoms with E-state index in [2.05, 4.69) is 15.4 Å². The van der Waals surface area contributed by atoms with Crippen LogP contribution in [0.15, 0.2) is 24.3 Å². The van der Waals surface area contributed by atoms with E-state index >= 15 is 0 Å². The SMILES string of the molecule is O=C(O)c1ccccc1-c1n[nH]nc1I. The molecule has 2 aromatic rings. The highest BCUT2D eigenvalue weighted by atomic mass is 127. The van der Waals surface area contributed by atoms with Crippen molar-refractivity contribution in [2.24, 2.45) is 0 Å². The minimum Gasteiger partial charge on any atom is -0.478 e. The maximum absolute atomic E-state index is 11.0. The standard InChI is InChI=1S/C9H6IN3O2/c10-8-7(11-13-12-8)5-3-1-2-4-6(5)9(14)15/h1-4H,(H,14,15)(H,11,12,13). The van der Waals surface area contributed by atoms with Crippen molar-refractivity contribution < 1.29 is 9.90 Å². The van der Waals surface area contributed by atoms with Crippen molar-refractivity contribution in [3.63, 3.8) is 0 Å². The van der Waals surface area contributed by atoms with Crippen LogP contribution in [0.3, 0.4) is 0 Å². The Hall–Kier alpha value is -1.44. The summed E-state index contributed by atoms with van der Waals surface area (Å²) in [5.41, 5.74) is 1.36. The molecule has 0 aliphatic rings. The molecule has 0 amide bonds. The molecule has 5 nitrogen and oxygen atoms in total. The molecule has 0 saturated heterocycles. The zero-order valence-corrected chi connectivity index (χ0v) is 9.59. The van der Waals surface area contributed by atoms with Gasteiger partial charge in [0.2, 0.25) is 0 Å². The van der Waals surface area contributed by atoms with Crippen molar-refractivity contribution in [1.82, 2.24) is 15.4 Å². The summed E-state index contributed by atoms with van der Waals surface area (Å²) >= 11 is 2.00. The lowest BCUT2D eigenvalue weighted by atomic mass is 10.1. The molecule has 15 heavy (non-hydrogen) atoms. The van der Waals surface area contributed by atoms with E-state index in [1.165, 1.54) is 0 Å². The molecule has 1 aromatic heterocycles. The van der Waals surface area contributed by atoms with Crippen LogP contribution in [0.4, 0.5) is 0 Å². The molecule has 0 atom stereocenters. The third-order valence-corrected chi connectivity index (χ3v) is 2.67. The van der Waals surface area contributed by atoms with E-state index in [1.807, 2.05) is 22.6 Å². The molecule has 0 saturated carbocycles. The first-order chi connectivity index (χ1) is 7.20. The van der Waals surface area contributed by atoms with E-state index in [1.54, 1.807) is 24.3 Å². The monoisotopic (exact) mass is 315 g/mol. The van der Waals surface area contributed by atoms with Crippen molar-refractivity contribution in [2.75, 3.05) is 0 Å². The Labute approximate surface area is 98.7 Å². The summed E-state index contributed by atoms with van der Waals surface area (Å²) in [5.74, 6) is -0.968. The number of H-pyrrole nitrogens is 1. The number of hydrogen-bond donors (Lipinski definition) is 2. The molecule has 2 N–H and O–H groups in total. The molecule has 6 heteroatoms. The van der Waals surface area contributed by atoms with Crippen molar-refractivity contribution in [3.8, 4) is 11.3 Å². The number of nitrogens with one attached hydrogen (secondary N) is 1. The lowest BCUT2D eigenvalue weighted by Crippen LogP contribution is -1.99. The van der Waals surface area contributed by atoms with Gasteiger partial charge in [-0.05, 0) is 28.7 Å². The van der Waals surface area contributed by atoms with Crippen LogP contribution in [-0.4, -0.2) is 26.5 Å². The maximum Gasteiger partial charge on any atom is 0.336 e. The average molecular weight is 315 g/mol. The van der Waals surface area contributed by atoms with Crippen LogP contribution in [0, 0.1) is 3.70 Å². The number of carboxylic acids is 1. The Morgan fingerprint density at radius 2 is 2.07 bits per heavy atom. The molecule has 1 aromatic carbocycles. The van der Waals surface area contributed by atoms with Gasteiger partial charge in [-0.3, -0.25) is 0 Å². The molecule has 0 spiro atoms. The highest BCUT2D eigenvalue weighted by Gasteiger charge is 2.15. The van der Waals surface area contributed by atoms with Crippen LogP contribution in [0.5, 0.6) is 0 Å². The number of carboxylic acid groups (broad SMARTS) is 1. The summed E-state index contributed by atoms with van der Waals surface area (Å²) in [6.45, 7) is 0. The van der Waals surface area contributed by atoms with Gasteiger partial charge in [0, 0.05) is 5.56 Å².